The molecule has 3 rings (SSSR count). The smallest absolute Gasteiger partial charge is 0.225 e. The number of aromatic nitrogens is 2. The zero-order chi connectivity index (χ0) is 13.2. The molecule has 0 radical (unpaired) electrons. The van der Waals surface area contributed by atoms with Gasteiger partial charge in [0.25, 0.3) is 0 Å². The second kappa shape index (κ2) is 5.27. The van der Waals surface area contributed by atoms with Crippen molar-refractivity contribution in [2.75, 3.05) is 18.0 Å². The first-order valence-electron chi connectivity index (χ1n) is 6.43. The molecular weight excluding hydrogens is 258 g/mol. The second-order valence-corrected chi connectivity index (χ2v) is 5.74. The number of rotatable bonds is 2. The van der Waals surface area contributed by atoms with Crippen molar-refractivity contribution < 1.29 is 4.74 Å². The number of morpholine rings is 1. The average molecular weight is 275 g/mol. The van der Waals surface area contributed by atoms with Gasteiger partial charge >= 0.3 is 0 Å². The van der Waals surface area contributed by atoms with Crippen LogP contribution in [0.4, 0.5) is 5.95 Å². The van der Waals surface area contributed by atoms with Crippen molar-refractivity contribution in [1.82, 2.24) is 9.97 Å². The van der Waals surface area contributed by atoms with Crippen molar-refractivity contribution in [3.05, 3.63) is 40.3 Å². The van der Waals surface area contributed by atoms with Crippen molar-refractivity contribution in [1.29, 1.82) is 0 Å². The highest BCUT2D eigenvalue weighted by molar-refractivity contribution is 7.07. The van der Waals surface area contributed by atoms with Gasteiger partial charge in [0.2, 0.25) is 5.95 Å². The first kappa shape index (κ1) is 12.6. The maximum absolute atomic E-state index is 6.02. The maximum atomic E-state index is 6.02. The summed E-state index contributed by atoms with van der Waals surface area (Å²) in [6.45, 7) is 5.74. The van der Waals surface area contributed by atoms with Gasteiger partial charge in [0, 0.05) is 18.9 Å². The Morgan fingerprint density at radius 1 is 1.32 bits per heavy atom. The fraction of sp³-hybridized carbons (Fsp3) is 0.429. The molecule has 3 heterocycles. The Morgan fingerprint density at radius 2 is 2.11 bits per heavy atom. The Hall–Kier alpha value is -1.46. The van der Waals surface area contributed by atoms with E-state index >= 15 is 0 Å². The van der Waals surface area contributed by atoms with Crippen LogP contribution >= 0.6 is 11.3 Å². The fourth-order valence-electron chi connectivity index (χ4n) is 2.31. The molecule has 0 aromatic carbocycles. The summed E-state index contributed by atoms with van der Waals surface area (Å²) in [5, 5.41) is 4.24. The molecule has 0 aliphatic carbocycles. The lowest BCUT2D eigenvalue weighted by Crippen LogP contribution is -2.43. The third-order valence-corrected chi connectivity index (χ3v) is 3.93. The van der Waals surface area contributed by atoms with Gasteiger partial charge in [0.15, 0.2) is 0 Å². The van der Waals surface area contributed by atoms with E-state index in [1.807, 2.05) is 19.3 Å². The SMILES string of the molecule is Cc1cnc(N2CC(C)OC(c3ccsc3)C2)nc1. The quantitative estimate of drug-likeness (QED) is 0.844. The summed E-state index contributed by atoms with van der Waals surface area (Å²) in [5.74, 6) is 0.793. The highest BCUT2D eigenvalue weighted by atomic mass is 32.1. The minimum absolute atomic E-state index is 0.111. The van der Waals surface area contributed by atoms with Crippen LogP contribution in [0.2, 0.25) is 0 Å². The van der Waals surface area contributed by atoms with Gasteiger partial charge in [0.05, 0.1) is 12.6 Å². The van der Waals surface area contributed by atoms with E-state index < -0.39 is 0 Å². The van der Waals surface area contributed by atoms with E-state index in [0.29, 0.717) is 0 Å². The summed E-state index contributed by atoms with van der Waals surface area (Å²) in [5.41, 5.74) is 2.33. The van der Waals surface area contributed by atoms with Crippen molar-refractivity contribution in [2.24, 2.45) is 0 Å². The standard InChI is InChI=1S/C14H17N3OS/c1-10-5-15-14(16-6-10)17-7-11(2)18-13(8-17)12-3-4-19-9-12/h3-6,9,11,13H,7-8H2,1-2H3. The maximum Gasteiger partial charge on any atom is 0.225 e. The number of hydrogen-bond acceptors (Lipinski definition) is 5. The molecule has 1 fully saturated rings. The van der Waals surface area contributed by atoms with E-state index in [0.717, 1.165) is 24.6 Å². The fourth-order valence-corrected chi connectivity index (χ4v) is 3.01. The molecule has 0 saturated carbocycles. The largest absolute Gasteiger partial charge is 0.367 e. The lowest BCUT2D eigenvalue weighted by Gasteiger charge is -2.36. The molecule has 19 heavy (non-hydrogen) atoms. The summed E-state index contributed by atoms with van der Waals surface area (Å²) in [6, 6.07) is 2.13. The number of aryl methyl sites for hydroxylation is 1. The average Bonchev–Trinajstić information content (AvgIpc) is 2.93. The number of ether oxygens (including phenoxy) is 1. The molecule has 2 aromatic heterocycles. The number of hydrogen-bond donors (Lipinski definition) is 0. The Bertz CT molecular complexity index is 526. The van der Waals surface area contributed by atoms with Gasteiger partial charge < -0.3 is 9.64 Å². The molecule has 0 amide bonds. The zero-order valence-electron chi connectivity index (χ0n) is 11.1. The van der Waals surface area contributed by atoms with Crippen LogP contribution in [0.15, 0.2) is 29.2 Å². The molecular formula is C14H17N3OS. The molecule has 2 unspecified atom stereocenters. The van der Waals surface area contributed by atoms with Crippen molar-refractivity contribution >= 4 is 17.3 Å². The van der Waals surface area contributed by atoms with E-state index in [4.69, 9.17) is 4.74 Å². The summed E-state index contributed by atoms with van der Waals surface area (Å²) in [4.78, 5) is 11.0. The molecule has 0 N–H and O–H groups in total. The molecule has 0 bridgehead atoms. The summed E-state index contributed by atoms with van der Waals surface area (Å²) < 4.78 is 6.02. The number of thiophene rings is 1. The molecule has 5 heteroatoms. The summed E-state index contributed by atoms with van der Waals surface area (Å²) >= 11 is 1.70. The monoisotopic (exact) mass is 275 g/mol. The van der Waals surface area contributed by atoms with Crippen LogP contribution in [0.25, 0.3) is 0 Å². The zero-order valence-corrected chi connectivity index (χ0v) is 11.9. The Balaban J connectivity index is 1.80. The van der Waals surface area contributed by atoms with Crippen molar-refractivity contribution in [2.45, 2.75) is 26.1 Å². The van der Waals surface area contributed by atoms with E-state index in [-0.39, 0.29) is 12.2 Å². The van der Waals surface area contributed by atoms with Crippen LogP contribution in [0.3, 0.4) is 0 Å². The number of anilines is 1. The molecule has 1 aliphatic heterocycles. The molecule has 2 aromatic rings. The van der Waals surface area contributed by atoms with Gasteiger partial charge in [-0.15, -0.1) is 0 Å². The molecule has 0 spiro atoms. The molecule has 1 saturated heterocycles. The van der Waals surface area contributed by atoms with Gasteiger partial charge in [-0.2, -0.15) is 11.3 Å². The topological polar surface area (TPSA) is 38.2 Å². The Labute approximate surface area is 117 Å². The Kier molecular flexibility index (Phi) is 3.48. The van der Waals surface area contributed by atoms with Gasteiger partial charge in [-0.3, -0.25) is 0 Å². The van der Waals surface area contributed by atoms with Crippen LogP contribution < -0.4 is 4.90 Å². The van der Waals surface area contributed by atoms with E-state index in [2.05, 4.69) is 38.6 Å². The van der Waals surface area contributed by atoms with E-state index in [9.17, 15) is 0 Å². The molecule has 2 atom stereocenters. The van der Waals surface area contributed by atoms with Crippen molar-refractivity contribution in [3.8, 4) is 0 Å². The minimum Gasteiger partial charge on any atom is -0.367 e. The molecule has 1 aliphatic rings. The summed E-state index contributed by atoms with van der Waals surface area (Å²) in [6.07, 6.45) is 4.02. The van der Waals surface area contributed by atoms with E-state index in [1.165, 1.54) is 5.56 Å². The third kappa shape index (κ3) is 2.77. The minimum atomic E-state index is 0.111. The van der Waals surface area contributed by atoms with Crippen LogP contribution in [-0.4, -0.2) is 29.2 Å². The number of nitrogens with zero attached hydrogens (tertiary/aromatic N) is 3. The van der Waals surface area contributed by atoms with Crippen LogP contribution in [0.1, 0.15) is 24.2 Å². The first-order chi connectivity index (χ1) is 9.22. The van der Waals surface area contributed by atoms with Crippen LogP contribution in [-0.2, 0) is 4.74 Å². The highest BCUT2D eigenvalue weighted by Crippen LogP contribution is 2.28. The Morgan fingerprint density at radius 3 is 2.79 bits per heavy atom. The third-order valence-electron chi connectivity index (χ3n) is 3.23. The summed E-state index contributed by atoms with van der Waals surface area (Å²) in [7, 11) is 0. The molecule has 100 valence electrons. The highest BCUT2D eigenvalue weighted by Gasteiger charge is 2.28. The lowest BCUT2D eigenvalue weighted by atomic mass is 10.1. The first-order valence-corrected chi connectivity index (χ1v) is 7.38. The van der Waals surface area contributed by atoms with Gasteiger partial charge in [-0.25, -0.2) is 9.97 Å². The van der Waals surface area contributed by atoms with Crippen LogP contribution in [0, 0.1) is 6.92 Å². The normalized spacial score (nSPS) is 23.6. The predicted octanol–water partition coefficient (Wildman–Crippen LogP) is 2.81. The van der Waals surface area contributed by atoms with Crippen molar-refractivity contribution in [3.63, 3.8) is 0 Å². The lowest BCUT2D eigenvalue weighted by molar-refractivity contribution is -0.0176. The van der Waals surface area contributed by atoms with E-state index in [1.54, 1.807) is 11.3 Å². The van der Waals surface area contributed by atoms with Crippen LogP contribution in [0.5, 0.6) is 0 Å². The molecule has 4 nitrogen and oxygen atoms in total. The van der Waals surface area contributed by atoms with Gasteiger partial charge in [-0.1, -0.05) is 0 Å². The van der Waals surface area contributed by atoms with Gasteiger partial charge in [0.1, 0.15) is 6.10 Å². The second-order valence-electron chi connectivity index (χ2n) is 4.96. The van der Waals surface area contributed by atoms with Gasteiger partial charge in [-0.05, 0) is 41.8 Å². The predicted molar refractivity (Wildman–Crippen MR) is 76.6 cm³/mol.